The Kier molecular flexibility index (Phi) is 4.06. The van der Waals surface area contributed by atoms with Crippen molar-refractivity contribution in [1.82, 2.24) is 0 Å². The van der Waals surface area contributed by atoms with E-state index in [0.717, 1.165) is 11.4 Å². The van der Waals surface area contributed by atoms with Crippen molar-refractivity contribution in [3.63, 3.8) is 0 Å². The average Bonchev–Trinajstić information content (AvgIpc) is 2.56. The third-order valence-corrected chi connectivity index (χ3v) is 4.50. The Labute approximate surface area is 128 Å². The minimum atomic E-state index is 0.0208. The second-order valence-corrected chi connectivity index (χ2v) is 5.89. The lowest BCUT2D eigenvalue weighted by atomic mass is 10.1. The predicted octanol–water partition coefficient (Wildman–Crippen LogP) is 3.88. The smallest absolute Gasteiger partial charge is 0.186 e. The molecule has 0 aliphatic carbocycles. The number of anilines is 1. The number of ketones is 1. The summed E-state index contributed by atoms with van der Waals surface area (Å²) in [5, 5.41) is 7.11. The van der Waals surface area contributed by atoms with Crippen LogP contribution in [0, 0.1) is 0 Å². The molecule has 0 amide bonds. The van der Waals surface area contributed by atoms with E-state index in [2.05, 4.69) is 17.2 Å². The first-order valence-electron chi connectivity index (χ1n) is 6.87. The van der Waals surface area contributed by atoms with E-state index in [-0.39, 0.29) is 11.8 Å². The second kappa shape index (κ2) is 6.14. The monoisotopic (exact) mass is 296 g/mol. The van der Waals surface area contributed by atoms with Crippen molar-refractivity contribution in [1.29, 1.82) is 0 Å². The summed E-state index contributed by atoms with van der Waals surface area (Å²) in [6.07, 6.45) is 0. The molecule has 1 atom stereocenters. The third-order valence-electron chi connectivity index (χ3n) is 3.38. The molecule has 0 saturated heterocycles. The van der Waals surface area contributed by atoms with Gasteiger partial charge < -0.3 is 0 Å². The van der Waals surface area contributed by atoms with Crippen LogP contribution in [0.25, 0.3) is 0 Å². The van der Waals surface area contributed by atoms with Crippen molar-refractivity contribution >= 4 is 28.3 Å². The van der Waals surface area contributed by atoms with E-state index in [1.165, 1.54) is 17.3 Å². The van der Waals surface area contributed by atoms with Crippen molar-refractivity contribution < 1.29 is 4.79 Å². The molecule has 1 unspecified atom stereocenters. The Morgan fingerprint density at radius 1 is 1.10 bits per heavy atom. The number of nitrogens with zero attached hydrogens (tertiary/aromatic N) is 2. The van der Waals surface area contributed by atoms with Gasteiger partial charge in [0.1, 0.15) is 0 Å². The Balaban J connectivity index is 2.02. The van der Waals surface area contributed by atoms with E-state index >= 15 is 0 Å². The van der Waals surface area contributed by atoms with E-state index < -0.39 is 0 Å². The van der Waals surface area contributed by atoms with Gasteiger partial charge in [-0.1, -0.05) is 60.3 Å². The molecule has 3 rings (SSSR count). The molecule has 1 heterocycles. The first-order valence-corrected chi connectivity index (χ1v) is 7.86. The molecular formula is C17H16N2OS. The molecule has 0 saturated carbocycles. The van der Waals surface area contributed by atoms with Gasteiger partial charge in [0.15, 0.2) is 10.8 Å². The quantitative estimate of drug-likeness (QED) is 0.861. The van der Waals surface area contributed by atoms with E-state index in [1.54, 1.807) is 6.92 Å². The van der Waals surface area contributed by atoms with Crippen molar-refractivity contribution in [3.8, 4) is 0 Å². The molecule has 0 fully saturated rings. The van der Waals surface area contributed by atoms with E-state index in [4.69, 9.17) is 0 Å². The van der Waals surface area contributed by atoms with Gasteiger partial charge in [0.05, 0.1) is 11.7 Å². The lowest BCUT2D eigenvalue weighted by Gasteiger charge is -2.33. The highest BCUT2D eigenvalue weighted by Gasteiger charge is 2.27. The number of rotatable bonds is 3. The molecule has 4 heteroatoms. The lowest BCUT2D eigenvalue weighted by molar-refractivity contribution is -0.110. The number of carbonyl (C=O) groups excluding carboxylic acids is 1. The molecule has 106 valence electrons. The molecule has 0 radical (unpaired) electrons. The molecule has 21 heavy (non-hydrogen) atoms. The van der Waals surface area contributed by atoms with Crippen LogP contribution in [0.4, 0.5) is 5.69 Å². The van der Waals surface area contributed by atoms with Crippen LogP contribution in [0.2, 0.25) is 0 Å². The number of Topliss-reactive ketones (excluding diaryl/α,β-unsaturated/α-hetero) is 1. The summed E-state index contributed by atoms with van der Waals surface area (Å²) >= 11 is 1.53. The molecule has 0 bridgehead atoms. The van der Waals surface area contributed by atoms with Gasteiger partial charge in [0.25, 0.3) is 0 Å². The van der Waals surface area contributed by atoms with Crippen molar-refractivity contribution in [2.75, 3.05) is 10.8 Å². The number of thioether (sulfide) groups is 1. The standard InChI is InChI=1S/C17H16N2OS/c1-13(20)17-18-19(15-10-6-3-7-11-15)16(12-21-17)14-8-4-2-5-9-14/h2-11,16H,12H2,1H3. The topological polar surface area (TPSA) is 32.7 Å². The summed E-state index contributed by atoms with van der Waals surface area (Å²) < 4.78 is 0. The van der Waals surface area contributed by atoms with Gasteiger partial charge >= 0.3 is 0 Å². The Morgan fingerprint density at radius 3 is 2.33 bits per heavy atom. The zero-order chi connectivity index (χ0) is 14.7. The fourth-order valence-electron chi connectivity index (χ4n) is 2.33. The van der Waals surface area contributed by atoms with Gasteiger partial charge in [0, 0.05) is 12.7 Å². The summed E-state index contributed by atoms with van der Waals surface area (Å²) in [5.74, 6) is 0.838. The highest BCUT2D eigenvalue weighted by atomic mass is 32.2. The van der Waals surface area contributed by atoms with Crippen molar-refractivity contribution in [3.05, 3.63) is 66.2 Å². The zero-order valence-electron chi connectivity index (χ0n) is 11.8. The largest absolute Gasteiger partial charge is 0.292 e. The van der Waals surface area contributed by atoms with Crippen LogP contribution >= 0.6 is 11.8 Å². The molecule has 2 aromatic carbocycles. The van der Waals surface area contributed by atoms with E-state index in [1.807, 2.05) is 53.5 Å². The summed E-state index contributed by atoms with van der Waals surface area (Å²) in [4.78, 5) is 11.6. The van der Waals surface area contributed by atoms with Gasteiger partial charge in [-0.25, -0.2) is 0 Å². The van der Waals surface area contributed by atoms with Gasteiger partial charge in [-0.05, 0) is 17.7 Å². The Bertz CT molecular complexity index is 655. The number of hydrogen-bond donors (Lipinski definition) is 0. The Hall–Kier alpha value is -2.07. The summed E-state index contributed by atoms with van der Waals surface area (Å²) in [6, 6.07) is 20.4. The first kappa shape index (κ1) is 13.9. The lowest BCUT2D eigenvalue weighted by Crippen LogP contribution is -2.32. The van der Waals surface area contributed by atoms with Crippen LogP contribution in [-0.2, 0) is 4.79 Å². The van der Waals surface area contributed by atoms with Crippen LogP contribution in [-0.4, -0.2) is 16.6 Å². The SMILES string of the molecule is CC(=O)C1=NN(c2ccccc2)C(c2ccccc2)CS1. The molecule has 3 nitrogen and oxygen atoms in total. The van der Waals surface area contributed by atoms with Crippen LogP contribution in [0.5, 0.6) is 0 Å². The van der Waals surface area contributed by atoms with Crippen LogP contribution < -0.4 is 5.01 Å². The van der Waals surface area contributed by atoms with Crippen LogP contribution in [0.1, 0.15) is 18.5 Å². The van der Waals surface area contributed by atoms with Gasteiger partial charge in [0.2, 0.25) is 0 Å². The first-order chi connectivity index (χ1) is 10.3. The highest BCUT2D eigenvalue weighted by Crippen LogP contribution is 2.34. The fourth-order valence-corrected chi connectivity index (χ4v) is 3.33. The van der Waals surface area contributed by atoms with Crippen molar-refractivity contribution in [2.45, 2.75) is 13.0 Å². The maximum Gasteiger partial charge on any atom is 0.186 e. The molecular weight excluding hydrogens is 280 g/mol. The average molecular weight is 296 g/mol. The third kappa shape index (κ3) is 3.00. The number of hydrogen-bond acceptors (Lipinski definition) is 4. The molecule has 2 aromatic rings. The molecule has 1 aliphatic heterocycles. The molecule has 0 N–H and O–H groups in total. The Morgan fingerprint density at radius 2 is 1.71 bits per heavy atom. The highest BCUT2D eigenvalue weighted by molar-refractivity contribution is 8.15. The summed E-state index contributed by atoms with van der Waals surface area (Å²) in [6.45, 7) is 1.57. The fraction of sp³-hybridized carbons (Fsp3) is 0.176. The van der Waals surface area contributed by atoms with Gasteiger partial charge in [-0.2, -0.15) is 5.10 Å². The van der Waals surface area contributed by atoms with Crippen LogP contribution in [0.3, 0.4) is 0 Å². The maximum absolute atomic E-state index is 11.6. The minimum Gasteiger partial charge on any atom is -0.292 e. The van der Waals surface area contributed by atoms with E-state index in [0.29, 0.717) is 5.04 Å². The molecule has 1 aliphatic rings. The van der Waals surface area contributed by atoms with Crippen molar-refractivity contribution in [2.24, 2.45) is 5.10 Å². The predicted molar refractivity (Wildman–Crippen MR) is 88.7 cm³/mol. The van der Waals surface area contributed by atoms with Gasteiger partial charge in [-0.15, -0.1) is 0 Å². The van der Waals surface area contributed by atoms with E-state index in [9.17, 15) is 4.79 Å². The number of carbonyl (C=O) groups is 1. The summed E-state index contributed by atoms with van der Waals surface area (Å²) in [5.41, 5.74) is 2.21. The number of benzene rings is 2. The molecule has 0 aromatic heterocycles. The zero-order valence-corrected chi connectivity index (χ0v) is 12.6. The maximum atomic E-state index is 11.6. The second-order valence-electron chi connectivity index (χ2n) is 4.88. The molecule has 0 spiro atoms. The minimum absolute atomic E-state index is 0.0208. The summed E-state index contributed by atoms with van der Waals surface area (Å²) in [7, 11) is 0. The number of hydrazone groups is 1. The van der Waals surface area contributed by atoms with Gasteiger partial charge in [-0.3, -0.25) is 9.80 Å². The van der Waals surface area contributed by atoms with Crippen LogP contribution in [0.15, 0.2) is 65.8 Å². The normalized spacial score (nSPS) is 18.2. The number of para-hydroxylation sites is 1.